The minimum Gasteiger partial charge on any atom is -0.309 e. The molecule has 0 fully saturated rings. The summed E-state index contributed by atoms with van der Waals surface area (Å²) >= 11 is 6.04. The highest BCUT2D eigenvalue weighted by molar-refractivity contribution is 6.30. The van der Waals surface area contributed by atoms with Crippen molar-refractivity contribution >= 4 is 11.6 Å². The largest absolute Gasteiger partial charge is 0.309 e. The third-order valence-electron chi connectivity index (χ3n) is 6.41. The van der Waals surface area contributed by atoms with Crippen molar-refractivity contribution < 1.29 is 0 Å². The van der Waals surface area contributed by atoms with Gasteiger partial charge in [-0.05, 0) is 77.4 Å². The number of nitriles is 2. The van der Waals surface area contributed by atoms with Gasteiger partial charge in [0, 0.05) is 11.1 Å². The highest BCUT2D eigenvalue weighted by Crippen LogP contribution is 2.24. The van der Waals surface area contributed by atoms with Crippen molar-refractivity contribution in [2.75, 3.05) is 6.54 Å². The number of halogens is 1. The zero-order valence-electron chi connectivity index (χ0n) is 20.1. The fourth-order valence-electron chi connectivity index (χ4n) is 4.50. The minimum atomic E-state index is -0.0282. The zero-order chi connectivity index (χ0) is 25.2. The lowest BCUT2D eigenvalue weighted by molar-refractivity contribution is 0.530. The molecule has 178 valence electrons. The summed E-state index contributed by atoms with van der Waals surface area (Å²) in [7, 11) is 0. The molecule has 0 aliphatic heterocycles. The van der Waals surface area contributed by atoms with Gasteiger partial charge >= 0.3 is 0 Å². The van der Waals surface area contributed by atoms with Gasteiger partial charge in [0.2, 0.25) is 0 Å². The maximum Gasteiger partial charge on any atom is 0.0994 e. The average Bonchev–Trinajstić information content (AvgIpc) is 2.93. The van der Waals surface area contributed by atoms with Gasteiger partial charge in [0.05, 0.1) is 24.1 Å². The van der Waals surface area contributed by atoms with Gasteiger partial charge in [0.25, 0.3) is 0 Å². The van der Waals surface area contributed by atoms with E-state index in [0.717, 1.165) is 53.1 Å². The molecule has 0 bridgehead atoms. The summed E-state index contributed by atoms with van der Waals surface area (Å²) in [5.41, 5.74) is 7.61. The van der Waals surface area contributed by atoms with Crippen molar-refractivity contribution in [2.24, 2.45) is 0 Å². The van der Waals surface area contributed by atoms with Crippen molar-refractivity contribution in [2.45, 2.75) is 31.7 Å². The van der Waals surface area contributed by atoms with E-state index in [1.807, 2.05) is 54.6 Å². The normalized spacial score (nSPS) is 11.4. The van der Waals surface area contributed by atoms with Crippen LogP contribution in [0.1, 0.15) is 46.7 Å². The maximum absolute atomic E-state index is 9.69. The van der Waals surface area contributed by atoms with E-state index in [-0.39, 0.29) is 6.04 Å². The van der Waals surface area contributed by atoms with Gasteiger partial charge in [0.15, 0.2) is 0 Å². The predicted octanol–water partition coefficient (Wildman–Crippen LogP) is 7.65. The fraction of sp³-hybridized carbons (Fsp3) is 0.188. The van der Waals surface area contributed by atoms with Crippen LogP contribution in [0.4, 0.5) is 0 Å². The first-order valence-electron chi connectivity index (χ1n) is 12.2. The van der Waals surface area contributed by atoms with Crippen LogP contribution in [-0.4, -0.2) is 6.54 Å². The molecule has 1 atom stereocenters. The number of hydrogen-bond donors (Lipinski definition) is 1. The Morgan fingerprint density at radius 1 is 0.778 bits per heavy atom. The van der Waals surface area contributed by atoms with E-state index in [9.17, 15) is 10.5 Å². The second-order valence-electron chi connectivity index (χ2n) is 8.82. The van der Waals surface area contributed by atoms with Gasteiger partial charge in [0.1, 0.15) is 0 Å². The maximum atomic E-state index is 9.69. The molecule has 0 amide bonds. The molecule has 0 spiro atoms. The Bertz CT molecular complexity index is 1350. The summed E-state index contributed by atoms with van der Waals surface area (Å²) in [4.78, 5) is 0. The highest BCUT2D eigenvalue weighted by atomic mass is 35.5. The number of nitrogens with zero attached hydrogens (tertiary/aromatic N) is 2. The van der Waals surface area contributed by atoms with Crippen LogP contribution in [0.15, 0.2) is 97.1 Å². The first kappa shape index (κ1) is 25.2. The molecule has 0 radical (unpaired) electrons. The second-order valence-corrected chi connectivity index (χ2v) is 9.26. The van der Waals surface area contributed by atoms with E-state index < -0.39 is 0 Å². The number of hydrogen-bond acceptors (Lipinski definition) is 3. The van der Waals surface area contributed by atoms with Crippen LogP contribution in [0, 0.1) is 22.7 Å². The lowest BCUT2D eigenvalue weighted by atomic mass is 9.93. The first-order valence-corrected chi connectivity index (χ1v) is 12.6. The smallest absolute Gasteiger partial charge is 0.0994 e. The van der Waals surface area contributed by atoms with E-state index in [0.29, 0.717) is 6.42 Å². The number of rotatable bonds is 10. The molecule has 0 saturated heterocycles. The number of nitrogens with one attached hydrogen (secondary N) is 1. The van der Waals surface area contributed by atoms with E-state index in [1.54, 1.807) is 0 Å². The van der Waals surface area contributed by atoms with Crippen LogP contribution in [0.25, 0.3) is 11.1 Å². The Hall–Kier alpha value is -3.89. The molecule has 4 aromatic rings. The molecular weight excluding hydrogens is 462 g/mol. The van der Waals surface area contributed by atoms with Crippen LogP contribution in [0.5, 0.6) is 0 Å². The summed E-state index contributed by atoms with van der Waals surface area (Å²) in [6.45, 7) is 0.757. The van der Waals surface area contributed by atoms with Crippen LogP contribution in [0.2, 0.25) is 5.02 Å². The molecule has 0 aromatic heterocycles. The van der Waals surface area contributed by atoms with Crippen molar-refractivity contribution in [3.63, 3.8) is 0 Å². The molecule has 1 N–H and O–H groups in total. The van der Waals surface area contributed by atoms with Crippen LogP contribution in [0.3, 0.4) is 0 Å². The van der Waals surface area contributed by atoms with E-state index >= 15 is 0 Å². The summed E-state index contributed by atoms with van der Waals surface area (Å²) in [6, 6.07) is 37.2. The topological polar surface area (TPSA) is 59.6 Å². The molecule has 0 aliphatic rings. The molecule has 0 aliphatic carbocycles. The summed E-state index contributed by atoms with van der Waals surface area (Å²) in [6.07, 6.45) is 2.84. The minimum absolute atomic E-state index is 0.0282. The average molecular weight is 490 g/mol. The second kappa shape index (κ2) is 12.7. The SMILES string of the molecule is N#CCC(NCCCc1c(C#N)cccc1Cc1ccc(Cl)cc1)c1ccc(-c2ccccc2)cc1. The molecule has 0 saturated carbocycles. The molecule has 0 heterocycles. The van der Waals surface area contributed by atoms with Crippen molar-refractivity contribution in [3.05, 3.63) is 130 Å². The molecule has 36 heavy (non-hydrogen) atoms. The Kier molecular flexibility index (Phi) is 8.90. The van der Waals surface area contributed by atoms with Crippen molar-refractivity contribution in [3.8, 4) is 23.3 Å². The number of benzene rings is 4. The molecule has 4 rings (SSSR count). The summed E-state index contributed by atoms with van der Waals surface area (Å²) < 4.78 is 0. The van der Waals surface area contributed by atoms with Gasteiger partial charge in [-0.2, -0.15) is 10.5 Å². The summed E-state index contributed by atoms with van der Waals surface area (Å²) in [5.74, 6) is 0. The van der Waals surface area contributed by atoms with E-state index in [4.69, 9.17) is 11.6 Å². The quantitative estimate of drug-likeness (QED) is 0.233. The fourth-order valence-corrected chi connectivity index (χ4v) is 4.63. The Morgan fingerprint density at radius 3 is 2.19 bits per heavy atom. The van der Waals surface area contributed by atoms with Crippen LogP contribution < -0.4 is 5.32 Å². The van der Waals surface area contributed by atoms with Crippen molar-refractivity contribution in [1.29, 1.82) is 10.5 Å². The van der Waals surface area contributed by atoms with E-state index in [1.165, 1.54) is 16.7 Å². The lowest BCUT2D eigenvalue weighted by Crippen LogP contribution is -2.22. The monoisotopic (exact) mass is 489 g/mol. The van der Waals surface area contributed by atoms with Gasteiger partial charge in [-0.3, -0.25) is 0 Å². The van der Waals surface area contributed by atoms with Gasteiger partial charge in [-0.1, -0.05) is 90.5 Å². The van der Waals surface area contributed by atoms with Gasteiger partial charge < -0.3 is 5.32 Å². The van der Waals surface area contributed by atoms with Crippen LogP contribution >= 0.6 is 11.6 Å². The van der Waals surface area contributed by atoms with Gasteiger partial charge in [-0.25, -0.2) is 0 Å². The third-order valence-corrected chi connectivity index (χ3v) is 6.66. The third kappa shape index (κ3) is 6.61. The van der Waals surface area contributed by atoms with E-state index in [2.05, 4.69) is 59.9 Å². The molecule has 1 unspecified atom stereocenters. The molecule has 4 heteroatoms. The Labute approximate surface area is 218 Å². The Morgan fingerprint density at radius 2 is 1.50 bits per heavy atom. The molecular formula is C32H28ClN3. The highest BCUT2D eigenvalue weighted by Gasteiger charge is 2.13. The predicted molar refractivity (Wildman–Crippen MR) is 147 cm³/mol. The van der Waals surface area contributed by atoms with Crippen molar-refractivity contribution in [1.82, 2.24) is 5.32 Å². The molecule has 3 nitrogen and oxygen atoms in total. The van der Waals surface area contributed by atoms with Gasteiger partial charge in [-0.15, -0.1) is 0 Å². The van der Waals surface area contributed by atoms with Crippen LogP contribution in [-0.2, 0) is 12.8 Å². The lowest BCUT2D eigenvalue weighted by Gasteiger charge is -2.18. The first-order chi connectivity index (χ1) is 17.7. The standard InChI is InChI=1S/C32H28ClN3/c33-30-17-11-24(12-18-30)22-28-8-4-9-29(23-35)31(28)10-5-21-36-32(19-20-34)27-15-13-26(14-16-27)25-6-2-1-3-7-25/h1-4,6-9,11-18,32,36H,5,10,19,21-22H2. The Balaban J connectivity index is 1.40. The zero-order valence-corrected chi connectivity index (χ0v) is 20.9. The molecule has 4 aromatic carbocycles. The summed E-state index contributed by atoms with van der Waals surface area (Å²) in [5, 5.41) is 23.4.